The molecule has 0 N–H and O–H groups in total. The molecule has 5 heteroatoms. The normalized spacial score (nSPS) is 10.5. The van der Waals surface area contributed by atoms with E-state index in [4.69, 9.17) is 4.74 Å². The topological polar surface area (TPSA) is 35.0 Å². The summed E-state index contributed by atoms with van der Waals surface area (Å²) in [6, 6.07) is 0. The molecule has 0 unspecified atom stereocenters. The van der Waals surface area contributed by atoms with Crippen LogP contribution in [0.4, 0.5) is 0 Å². The van der Waals surface area contributed by atoms with Gasteiger partial charge in [0.15, 0.2) is 3.92 Å². The lowest BCUT2D eigenvalue weighted by Gasteiger charge is -2.01. The van der Waals surface area contributed by atoms with Gasteiger partial charge in [0, 0.05) is 0 Å². The molecule has 0 spiro atoms. The van der Waals surface area contributed by atoms with E-state index in [1.807, 2.05) is 0 Å². The Kier molecular flexibility index (Phi) is 6.92. The molecule has 1 aromatic heterocycles. The van der Waals surface area contributed by atoms with E-state index in [0.717, 1.165) is 16.9 Å². The van der Waals surface area contributed by atoms with Crippen LogP contribution in [-0.4, -0.2) is 16.8 Å². The number of hydrogen-bond acceptors (Lipinski definition) is 4. The first-order valence-electron chi connectivity index (χ1n) is 5.44. The summed E-state index contributed by atoms with van der Waals surface area (Å²) in [5.41, 5.74) is 0. The van der Waals surface area contributed by atoms with Crippen molar-refractivity contribution in [2.75, 3.05) is 6.61 Å². The Labute approximate surface area is 103 Å². The Morgan fingerprint density at radius 1 is 1.13 bits per heavy atom. The first-order valence-corrected chi connectivity index (χ1v) is 7.05. The molecule has 0 atom stereocenters. The van der Waals surface area contributed by atoms with E-state index in [0.29, 0.717) is 5.19 Å². The first-order chi connectivity index (χ1) is 7.33. The Morgan fingerprint density at radius 2 is 1.87 bits per heavy atom. The van der Waals surface area contributed by atoms with E-state index in [9.17, 15) is 0 Å². The summed E-state index contributed by atoms with van der Waals surface area (Å²) in [4.78, 5) is 0. The third-order valence-corrected chi connectivity index (χ3v) is 3.37. The second-order valence-electron chi connectivity index (χ2n) is 3.44. The highest BCUT2D eigenvalue weighted by atomic mass is 79.9. The minimum Gasteiger partial charge on any atom is -0.469 e. The Morgan fingerprint density at radius 3 is 2.53 bits per heavy atom. The average Bonchev–Trinajstić information content (AvgIpc) is 2.63. The van der Waals surface area contributed by atoms with E-state index < -0.39 is 0 Å². The van der Waals surface area contributed by atoms with Gasteiger partial charge in [0.05, 0.1) is 6.61 Å². The van der Waals surface area contributed by atoms with Crippen LogP contribution in [0, 0.1) is 0 Å². The van der Waals surface area contributed by atoms with E-state index in [2.05, 4.69) is 33.1 Å². The molecule has 0 saturated heterocycles. The average molecular weight is 293 g/mol. The largest absolute Gasteiger partial charge is 0.469 e. The molecule has 3 nitrogen and oxygen atoms in total. The van der Waals surface area contributed by atoms with Gasteiger partial charge in [0.2, 0.25) is 0 Å². The zero-order valence-electron chi connectivity index (χ0n) is 9.04. The molecule has 0 aliphatic carbocycles. The van der Waals surface area contributed by atoms with Crippen molar-refractivity contribution in [3.8, 4) is 5.19 Å². The molecule has 15 heavy (non-hydrogen) atoms. The van der Waals surface area contributed by atoms with Gasteiger partial charge in [0.25, 0.3) is 5.19 Å². The van der Waals surface area contributed by atoms with Crippen LogP contribution in [0.1, 0.15) is 45.4 Å². The lowest BCUT2D eigenvalue weighted by Crippen LogP contribution is -1.96. The van der Waals surface area contributed by atoms with Crippen molar-refractivity contribution in [1.82, 2.24) is 10.2 Å². The quantitative estimate of drug-likeness (QED) is 0.678. The summed E-state index contributed by atoms with van der Waals surface area (Å²) in [6.07, 6.45) is 7.68. The van der Waals surface area contributed by atoms with Gasteiger partial charge in [-0.25, -0.2) is 0 Å². The van der Waals surface area contributed by atoms with Gasteiger partial charge in [0.1, 0.15) is 0 Å². The van der Waals surface area contributed by atoms with E-state index in [-0.39, 0.29) is 0 Å². The number of nitrogens with zero attached hydrogens (tertiary/aromatic N) is 2. The van der Waals surface area contributed by atoms with Crippen LogP contribution in [0.25, 0.3) is 0 Å². The second-order valence-corrected chi connectivity index (χ2v) is 5.65. The number of halogens is 1. The molecular formula is C10H17BrN2OS. The number of unbranched alkanes of at least 4 members (excludes halogenated alkanes) is 5. The van der Waals surface area contributed by atoms with Crippen LogP contribution in [0.2, 0.25) is 0 Å². The zero-order valence-corrected chi connectivity index (χ0v) is 11.4. The minimum atomic E-state index is 0.662. The highest BCUT2D eigenvalue weighted by Crippen LogP contribution is 2.22. The molecule has 0 fully saturated rings. The second kappa shape index (κ2) is 8.05. The summed E-state index contributed by atoms with van der Waals surface area (Å²) in [7, 11) is 0. The molecule has 0 bridgehead atoms. The molecule has 0 aliphatic rings. The van der Waals surface area contributed by atoms with Gasteiger partial charge in [-0.1, -0.05) is 44.1 Å². The fourth-order valence-corrected chi connectivity index (χ4v) is 2.24. The molecular weight excluding hydrogens is 276 g/mol. The van der Waals surface area contributed by atoms with Crippen LogP contribution < -0.4 is 4.74 Å². The monoisotopic (exact) mass is 292 g/mol. The third kappa shape index (κ3) is 6.10. The van der Waals surface area contributed by atoms with E-state index >= 15 is 0 Å². The summed E-state index contributed by atoms with van der Waals surface area (Å²) < 4.78 is 6.23. The fourth-order valence-electron chi connectivity index (χ4n) is 1.29. The molecule has 1 heterocycles. The number of ether oxygens (including phenoxy) is 1. The Bertz CT molecular complexity index is 268. The zero-order chi connectivity index (χ0) is 10.9. The van der Waals surface area contributed by atoms with Crippen molar-refractivity contribution < 1.29 is 4.74 Å². The predicted molar refractivity (Wildman–Crippen MR) is 66.5 cm³/mol. The smallest absolute Gasteiger partial charge is 0.294 e. The Hall–Kier alpha value is -0.160. The van der Waals surface area contributed by atoms with Gasteiger partial charge in [-0.05, 0) is 33.7 Å². The summed E-state index contributed by atoms with van der Waals surface area (Å²) >= 11 is 4.68. The number of rotatable bonds is 8. The maximum absolute atomic E-state index is 5.45. The van der Waals surface area contributed by atoms with E-state index in [1.54, 1.807) is 0 Å². The molecule has 0 aliphatic heterocycles. The molecule has 0 radical (unpaired) electrons. The van der Waals surface area contributed by atoms with Crippen molar-refractivity contribution in [3.63, 3.8) is 0 Å². The molecule has 86 valence electrons. The fraction of sp³-hybridized carbons (Fsp3) is 0.800. The number of hydrogen-bond donors (Lipinski definition) is 0. The lowest BCUT2D eigenvalue weighted by atomic mass is 10.1. The van der Waals surface area contributed by atoms with Crippen molar-refractivity contribution in [2.45, 2.75) is 45.4 Å². The minimum absolute atomic E-state index is 0.662. The highest BCUT2D eigenvalue weighted by molar-refractivity contribution is 9.11. The molecule has 0 aromatic carbocycles. The molecule has 0 saturated carbocycles. The van der Waals surface area contributed by atoms with Crippen LogP contribution in [0.5, 0.6) is 5.19 Å². The van der Waals surface area contributed by atoms with Crippen LogP contribution >= 0.6 is 27.3 Å². The van der Waals surface area contributed by atoms with Crippen LogP contribution in [0.3, 0.4) is 0 Å². The van der Waals surface area contributed by atoms with Gasteiger partial charge < -0.3 is 4.74 Å². The van der Waals surface area contributed by atoms with Crippen molar-refractivity contribution >= 4 is 27.3 Å². The summed E-state index contributed by atoms with van der Waals surface area (Å²) in [6.45, 7) is 2.99. The summed E-state index contributed by atoms with van der Waals surface area (Å²) in [5, 5.41) is 8.34. The van der Waals surface area contributed by atoms with Crippen molar-refractivity contribution in [2.24, 2.45) is 0 Å². The van der Waals surface area contributed by atoms with Crippen molar-refractivity contribution in [1.29, 1.82) is 0 Å². The van der Waals surface area contributed by atoms with Gasteiger partial charge in [-0.2, -0.15) is 0 Å². The third-order valence-electron chi connectivity index (χ3n) is 2.11. The molecule has 0 amide bonds. The first kappa shape index (κ1) is 12.9. The molecule has 1 aromatic rings. The number of aromatic nitrogens is 2. The summed E-state index contributed by atoms with van der Waals surface area (Å²) in [5.74, 6) is 0. The molecule has 1 rings (SSSR count). The van der Waals surface area contributed by atoms with E-state index in [1.165, 1.54) is 43.4 Å². The maximum atomic E-state index is 5.45. The van der Waals surface area contributed by atoms with Crippen molar-refractivity contribution in [3.05, 3.63) is 3.92 Å². The maximum Gasteiger partial charge on any atom is 0.294 e. The van der Waals surface area contributed by atoms with Crippen LogP contribution in [0.15, 0.2) is 3.92 Å². The van der Waals surface area contributed by atoms with Gasteiger partial charge in [-0.3, -0.25) is 0 Å². The lowest BCUT2D eigenvalue weighted by molar-refractivity contribution is 0.300. The van der Waals surface area contributed by atoms with Gasteiger partial charge >= 0.3 is 0 Å². The predicted octanol–water partition coefficient (Wildman–Crippen LogP) is 4.04. The SMILES string of the molecule is CCCCCCCCOc1nnc(Br)s1. The highest BCUT2D eigenvalue weighted by Gasteiger charge is 2.00. The standard InChI is InChI=1S/C10H17BrN2OS/c1-2-3-4-5-6-7-8-14-10-13-12-9(11)15-10/h2-8H2,1H3. The van der Waals surface area contributed by atoms with Crippen LogP contribution in [-0.2, 0) is 0 Å². The Balaban J connectivity index is 1.93. The van der Waals surface area contributed by atoms with Gasteiger partial charge in [-0.15, -0.1) is 5.10 Å².